The van der Waals surface area contributed by atoms with Crippen molar-refractivity contribution < 1.29 is 9.72 Å². The number of carbonyl (C=O) groups excluding carboxylic acids is 1. The second-order valence-electron chi connectivity index (χ2n) is 7.87. The Balaban J connectivity index is 1.68. The topological polar surface area (TPSA) is 99.9 Å². The maximum absolute atomic E-state index is 12.2. The number of hydrogen-bond donors (Lipinski definition) is 2. The first-order chi connectivity index (χ1) is 14.9. The zero-order valence-corrected chi connectivity index (χ0v) is 18.1. The Hall–Kier alpha value is -3.42. The summed E-state index contributed by atoms with van der Waals surface area (Å²) in [5.74, 6) is -0.293. The summed E-state index contributed by atoms with van der Waals surface area (Å²) >= 11 is 0. The van der Waals surface area contributed by atoms with E-state index in [1.807, 2.05) is 32.0 Å². The van der Waals surface area contributed by atoms with Gasteiger partial charge in [0, 0.05) is 42.2 Å². The highest BCUT2D eigenvalue weighted by atomic mass is 16.6. The number of amides is 1. The van der Waals surface area contributed by atoms with Gasteiger partial charge in [0.2, 0.25) is 0 Å². The summed E-state index contributed by atoms with van der Waals surface area (Å²) in [5.41, 5.74) is 7.10. The van der Waals surface area contributed by atoms with E-state index in [0.717, 1.165) is 48.4 Å². The highest BCUT2D eigenvalue weighted by molar-refractivity contribution is 5.90. The monoisotopic (exact) mass is 423 g/mol. The fourth-order valence-electron chi connectivity index (χ4n) is 3.67. The summed E-state index contributed by atoms with van der Waals surface area (Å²) in [7, 11) is 0. The molecule has 0 saturated carbocycles. The van der Waals surface area contributed by atoms with Gasteiger partial charge in [0.05, 0.1) is 17.7 Å². The van der Waals surface area contributed by atoms with E-state index in [4.69, 9.17) is 0 Å². The van der Waals surface area contributed by atoms with E-state index in [1.165, 1.54) is 31.2 Å². The van der Waals surface area contributed by atoms with Crippen LogP contribution in [0.5, 0.6) is 0 Å². The quantitative estimate of drug-likeness (QED) is 0.396. The third kappa shape index (κ3) is 6.28. The zero-order chi connectivity index (χ0) is 22.2. The van der Waals surface area contributed by atoms with Crippen LogP contribution in [0.1, 0.15) is 42.4 Å². The van der Waals surface area contributed by atoms with Gasteiger partial charge < -0.3 is 10.2 Å². The Bertz CT molecular complexity index is 966. The number of nitrogens with one attached hydrogen (secondary N) is 2. The molecule has 0 aliphatic carbocycles. The number of carbonyl (C=O) groups is 1. The van der Waals surface area contributed by atoms with Gasteiger partial charge in [0.25, 0.3) is 11.6 Å². The molecule has 1 saturated heterocycles. The zero-order valence-electron chi connectivity index (χ0n) is 18.1. The third-order valence-corrected chi connectivity index (χ3v) is 5.39. The lowest BCUT2D eigenvalue weighted by Crippen LogP contribution is -2.27. The van der Waals surface area contributed by atoms with Crippen molar-refractivity contribution in [2.24, 2.45) is 5.10 Å². The number of hydrazone groups is 1. The Morgan fingerprint density at radius 1 is 1.13 bits per heavy atom. The van der Waals surface area contributed by atoms with Gasteiger partial charge in [-0.1, -0.05) is 25.0 Å². The van der Waals surface area contributed by atoms with E-state index >= 15 is 0 Å². The molecule has 0 spiro atoms. The molecule has 8 heteroatoms. The number of nitro benzene ring substituents is 1. The lowest BCUT2D eigenvalue weighted by molar-refractivity contribution is -0.384. The highest BCUT2D eigenvalue weighted by Crippen LogP contribution is 2.26. The minimum atomic E-state index is -0.420. The standard InChI is InChI=1S/C23H29N5O3/c1-17-7-8-18(2)21(13-17)24-16-23(29)26-25-15-19-14-20(28(30)31)9-10-22(19)27-11-5-3-4-6-12-27/h7-10,13-15,24H,3-6,11-12,16H2,1-2H3,(H,26,29)/b25-15-. The molecule has 0 atom stereocenters. The first-order valence-corrected chi connectivity index (χ1v) is 10.6. The maximum atomic E-state index is 12.2. The summed E-state index contributed by atoms with van der Waals surface area (Å²) in [6.45, 7) is 5.87. The minimum absolute atomic E-state index is 0.00272. The Labute approximate surface area is 182 Å². The number of anilines is 2. The van der Waals surface area contributed by atoms with Crippen LogP contribution < -0.4 is 15.6 Å². The van der Waals surface area contributed by atoms with Gasteiger partial charge in [-0.2, -0.15) is 5.10 Å². The Kier molecular flexibility index (Phi) is 7.59. The van der Waals surface area contributed by atoms with Crippen LogP contribution in [0.3, 0.4) is 0 Å². The van der Waals surface area contributed by atoms with Crippen molar-refractivity contribution in [3.63, 3.8) is 0 Å². The Morgan fingerprint density at radius 3 is 2.58 bits per heavy atom. The second kappa shape index (κ2) is 10.6. The molecule has 2 N–H and O–H groups in total. The minimum Gasteiger partial charge on any atom is -0.376 e. The molecule has 0 radical (unpaired) electrons. The number of aryl methyl sites for hydroxylation is 2. The Morgan fingerprint density at radius 2 is 1.87 bits per heavy atom. The molecule has 164 valence electrons. The molecule has 2 aromatic carbocycles. The van der Waals surface area contributed by atoms with Gasteiger partial charge in [0.1, 0.15) is 0 Å². The van der Waals surface area contributed by atoms with Crippen LogP contribution in [0.25, 0.3) is 0 Å². The molecular formula is C23H29N5O3. The second-order valence-corrected chi connectivity index (χ2v) is 7.87. The third-order valence-electron chi connectivity index (χ3n) is 5.39. The van der Waals surface area contributed by atoms with E-state index in [9.17, 15) is 14.9 Å². The molecule has 0 bridgehead atoms. The van der Waals surface area contributed by atoms with Crippen LogP contribution in [-0.4, -0.2) is 36.7 Å². The van der Waals surface area contributed by atoms with Crippen molar-refractivity contribution in [2.75, 3.05) is 29.9 Å². The number of rotatable bonds is 7. The van der Waals surface area contributed by atoms with Crippen molar-refractivity contribution >= 4 is 29.2 Å². The lowest BCUT2D eigenvalue weighted by Gasteiger charge is -2.24. The van der Waals surface area contributed by atoms with Crippen molar-refractivity contribution in [1.29, 1.82) is 0 Å². The van der Waals surface area contributed by atoms with Crippen molar-refractivity contribution in [1.82, 2.24) is 5.43 Å². The molecule has 0 aromatic heterocycles. The lowest BCUT2D eigenvalue weighted by atomic mass is 10.1. The van der Waals surface area contributed by atoms with Gasteiger partial charge in [-0.15, -0.1) is 0 Å². The highest BCUT2D eigenvalue weighted by Gasteiger charge is 2.16. The van der Waals surface area contributed by atoms with Crippen LogP contribution in [0.15, 0.2) is 41.5 Å². The van der Waals surface area contributed by atoms with E-state index in [-0.39, 0.29) is 18.1 Å². The smallest absolute Gasteiger partial charge is 0.270 e. The van der Waals surface area contributed by atoms with Crippen molar-refractivity contribution in [3.05, 3.63) is 63.2 Å². The molecule has 1 aliphatic rings. The van der Waals surface area contributed by atoms with Crippen LogP contribution in [-0.2, 0) is 4.79 Å². The fourth-order valence-corrected chi connectivity index (χ4v) is 3.67. The van der Waals surface area contributed by atoms with Crippen LogP contribution >= 0.6 is 0 Å². The summed E-state index contributed by atoms with van der Waals surface area (Å²) in [4.78, 5) is 25.2. The number of nitro groups is 1. The molecule has 1 amide bonds. The molecule has 1 heterocycles. The molecule has 1 aliphatic heterocycles. The molecule has 3 rings (SSSR count). The maximum Gasteiger partial charge on any atom is 0.270 e. The van der Waals surface area contributed by atoms with Crippen molar-refractivity contribution in [3.8, 4) is 0 Å². The first-order valence-electron chi connectivity index (χ1n) is 10.6. The van der Waals surface area contributed by atoms with E-state index in [0.29, 0.717) is 5.56 Å². The largest absolute Gasteiger partial charge is 0.376 e. The van der Waals surface area contributed by atoms with E-state index in [2.05, 4.69) is 20.7 Å². The van der Waals surface area contributed by atoms with E-state index in [1.54, 1.807) is 6.07 Å². The number of nitrogens with zero attached hydrogens (tertiary/aromatic N) is 3. The summed E-state index contributed by atoms with van der Waals surface area (Å²) in [6.07, 6.45) is 6.05. The number of hydrogen-bond acceptors (Lipinski definition) is 6. The fraction of sp³-hybridized carbons (Fsp3) is 0.391. The van der Waals surface area contributed by atoms with Gasteiger partial charge in [-0.05, 0) is 49.9 Å². The van der Waals surface area contributed by atoms with E-state index < -0.39 is 4.92 Å². The molecule has 0 unspecified atom stereocenters. The average Bonchev–Trinajstić information content (AvgIpc) is 3.03. The van der Waals surface area contributed by atoms with Gasteiger partial charge in [-0.25, -0.2) is 5.43 Å². The molecule has 1 fully saturated rings. The first kappa shape index (κ1) is 22.3. The molecule has 8 nitrogen and oxygen atoms in total. The predicted octanol–water partition coefficient (Wildman–Crippen LogP) is 4.15. The number of non-ortho nitro benzene ring substituents is 1. The van der Waals surface area contributed by atoms with Crippen LogP contribution in [0.4, 0.5) is 17.1 Å². The van der Waals surface area contributed by atoms with Crippen molar-refractivity contribution in [2.45, 2.75) is 39.5 Å². The van der Waals surface area contributed by atoms with Gasteiger partial charge in [-0.3, -0.25) is 14.9 Å². The molecule has 2 aromatic rings. The SMILES string of the molecule is Cc1ccc(C)c(NCC(=O)N/N=C\c2cc([N+](=O)[O-])ccc2N2CCCCCC2)c1. The van der Waals surface area contributed by atoms with Gasteiger partial charge in [0.15, 0.2) is 0 Å². The molecular weight excluding hydrogens is 394 g/mol. The number of benzene rings is 2. The predicted molar refractivity (Wildman–Crippen MR) is 124 cm³/mol. The summed E-state index contributed by atoms with van der Waals surface area (Å²) < 4.78 is 0. The van der Waals surface area contributed by atoms with Crippen LogP contribution in [0.2, 0.25) is 0 Å². The summed E-state index contributed by atoms with van der Waals surface area (Å²) in [5, 5.41) is 18.4. The van der Waals surface area contributed by atoms with Gasteiger partial charge >= 0.3 is 0 Å². The average molecular weight is 424 g/mol. The normalized spacial score (nSPS) is 14.3. The van der Waals surface area contributed by atoms with Crippen LogP contribution in [0, 0.1) is 24.0 Å². The summed E-state index contributed by atoms with van der Waals surface area (Å²) in [6, 6.07) is 10.8. The molecule has 31 heavy (non-hydrogen) atoms.